The van der Waals surface area contributed by atoms with E-state index in [1.54, 1.807) is 0 Å². The molecular formula is C16H28O3. The van der Waals surface area contributed by atoms with Gasteiger partial charge in [0, 0.05) is 18.8 Å². The second kappa shape index (κ2) is 5.55. The van der Waals surface area contributed by atoms with Gasteiger partial charge in [-0.15, -0.1) is 0 Å². The van der Waals surface area contributed by atoms with Gasteiger partial charge in [-0.05, 0) is 33.1 Å². The number of aliphatic hydroxyl groups excluding tert-OH is 1. The third-order valence-electron chi connectivity index (χ3n) is 4.72. The highest BCUT2D eigenvalue weighted by Crippen LogP contribution is 2.49. The highest BCUT2D eigenvalue weighted by atomic mass is 16.8. The first-order valence-corrected chi connectivity index (χ1v) is 7.66. The van der Waals surface area contributed by atoms with Crippen LogP contribution < -0.4 is 0 Å². The van der Waals surface area contributed by atoms with E-state index in [1.165, 1.54) is 0 Å². The summed E-state index contributed by atoms with van der Waals surface area (Å²) in [6, 6.07) is 0. The molecule has 2 rings (SSSR count). The molecule has 3 nitrogen and oxygen atoms in total. The van der Waals surface area contributed by atoms with Crippen molar-refractivity contribution in [3.8, 4) is 0 Å². The Balaban J connectivity index is 2.20. The van der Waals surface area contributed by atoms with Crippen LogP contribution in [0.1, 0.15) is 59.8 Å². The molecule has 0 amide bonds. The lowest BCUT2D eigenvalue weighted by atomic mass is 9.84. The minimum Gasteiger partial charge on any atom is -0.389 e. The minimum atomic E-state index is -0.599. The Morgan fingerprint density at radius 3 is 2.53 bits per heavy atom. The van der Waals surface area contributed by atoms with Gasteiger partial charge >= 0.3 is 0 Å². The summed E-state index contributed by atoms with van der Waals surface area (Å²) < 4.78 is 12.5. The summed E-state index contributed by atoms with van der Waals surface area (Å²) in [5.41, 5.74) is -0.599. The Hall–Kier alpha value is -0.380. The Bertz CT molecular complexity index is 333. The molecule has 0 bridgehead atoms. The van der Waals surface area contributed by atoms with E-state index in [0.717, 1.165) is 32.1 Å². The molecule has 0 aromatic carbocycles. The van der Waals surface area contributed by atoms with Gasteiger partial charge in [-0.2, -0.15) is 0 Å². The molecular weight excluding hydrogens is 240 g/mol. The lowest BCUT2D eigenvalue weighted by molar-refractivity contribution is -0.200. The fraction of sp³-hybridized carbons (Fsp3) is 0.875. The third-order valence-corrected chi connectivity index (χ3v) is 4.72. The van der Waals surface area contributed by atoms with E-state index in [4.69, 9.17) is 9.47 Å². The maximum absolute atomic E-state index is 10.7. The van der Waals surface area contributed by atoms with Crippen LogP contribution in [-0.4, -0.2) is 28.7 Å². The van der Waals surface area contributed by atoms with Crippen LogP contribution in [-0.2, 0) is 9.47 Å². The second-order valence-corrected chi connectivity index (χ2v) is 6.25. The van der Waals surface area contributed by atoms with Crippen molar-refractivity contribution in [3.63, 3.8) is 0 Å². The first kappa shape index (κ1) is 15.0. The van der Waals surface area contributed by atoms with Crippen molar-refractivity contribution in [2.45, 2.75) is 83.4 Å². The SMILES string of the molecule is C/C=C/[C@H](C)[C@@H](O)[C@]1(C)OC2(CCCC2)O[C@@H]1CC. The molecule has 1 N–H and O–H groups in total. The number of hydrogen-bond donors (Lipinski definition) is 1. The third kappa shape index (κ3) is 2.61. The van der Waals surface area contributed by atoms with Gasteiger partial charge in [0.05, 0.1) is 12.2 Å². The molecule has 0 radical (unpaired) electrons. The van der Waals surface area contributed by atoms with Crippen molar-refractivity contribution in [2.24, 2.45) is 5.92 Å². The zero-order chi connectivity index (χ0) is 14.1. The van der Waals surface area contributed by atoms with E-state index < -0.39 is 17.5 Å². The highest BCUT2D eigenvalue weighted by molar-refractivity contribution is 5.05. The standard InChI is InChI=1S/C16H28O3/c1-5-9-12(3)14(17)15(4)13(6-2)18-16(19-15)10-7-8-11-16/h5,9,12-14,17H,6-8,10-11H2,1-4H3/b9-5+/t12-,13+,14+,15+/m0/s1. The number of hydrogen-bond acceptors (Lipinski definition) is 3. The topological polar surface area (TPSA) is 38.7 Å². The average molecular weight is 268 g/mol. The predicted octanol–water partition coefficient (Wildman–Crippen LogP) is 3.41. The first-order valence-electron chi connectivity index (χ1n) is 7.66. The monoisotopic (exact) mass is 268 g/mol. The lowest BCUT2D eigenvalue weighted by Gasteiger charge is -2.36. The zero-order valence-electron chi connectivity index (χ0n) is 12.7. The van der Waals surface area contributed by atoms with Crippen LogP contribution >= 0.6 is 0 Å². The molecule has 1 saturated carbocycles. The average Bonchev–Trinajstić information content (AvgIpc) is 2.94. The molecule has 2 aliphatic rings. The Morgan fingerprint density at radius 2 is 2.00 bits per heavy atom. The van der Waals surface area contributed by atoms with Crippen LogP contribution in [0, 0.1) is 5.92 Å². The van der Waals surface area contributed by atoms with Gasteiger partial charge in [-0.25, -0.2) is 0 Å². The molecule has 0 aromatic heterocycles. The largest absolute Gasteiger partial charge is 0.389 e. The van der Waals surface area contributed by atoms with Crippen molar-refractivity contribution >= 4 is 0 Å². The molecule has 1 heterocycles. The summed E-state index contributed by atoms with van der Waals surface area (Å²) in [6.07, 6.45) is 8.58. The molecule has 1 saturated heterocycles. The number of aliphatic hydroxyl groups is 1. The molecule has 4 atom stereocenters. The molecule has 2 fully saturated rings. The Morgan fingerprint density at radius 1 is 1.37 bits per heavy atom. The van der Waals surface area contributed by atoms with Crippen molar-refractivity contribution < 1.29 is 14.6 Å². The lowest BCUT2D eigenvalue weighted by Crippen LogP contribution is -2.50. The summed E-state index contributed by atoms with van der Waals surface area (Å²) in [4.78, 5) is 0. The number of rotatable bonds is 4. The number of ether oxygens (including phenoxy) is 2. The fourth-order valence-corrected chi connectivity index (χ4v) is 3.67. The zero-order valence-corrected chi connectivity index (χ0v) is 12.7. The maximum atomic E-state index is 10.7. The summed E-state index contributed by atoms with van der Waals surface area (Å²) in [7, 11) is 0. The maximum Gasteiger partial charge on any atom is 0.169 e. The van der Waals surface area contributed by atoms with Crippen LogP contribution in [0.3, 0.4) is 0 Å². The van der Waals surface area contributed by atoms with Crippen LogP contribution in [0.5, 0.6) is 0 Å². The predicted molar refractivity (Wildman–Crippen MR) is 75.8 cm³/mol. The summed E-state index contributed by atoms with van der Waals surface area (Å²) in [5, 5.41) is 10.7. The van der Waals surface area contributed by atoms with Gasteiger partial charge in [0.25, 0.3) is 0 Å². The van der Waals surface area contributed by atoms with Crippen LogP contribution in [0.4, 0.5) is 0 Å². The molecule has 3 heteroatoms. The van der Waals surface area contributed by atoms with Crippen LogP contribution in [0.25, 0.3) is 0 Å². The van der Waals surface area contributed by atoms with Crippen molar-refractivity contribution in [2.75, 3.05) is 0 Å². The van der Waals surface area contributed by atoms with Gasteiger partial charge in [0.15, 0.2) is 5.79 Å². The molecule has 110 valence electrons. The van der Waals surface area contributed by atoms with E-state index in [0.29, 0.717) is 0 Å². The van der Waals surface area contributed by atoms with Crippen molar-refractivity contribution in [1.29, 1.82) is 0 Å². The molecule has 0 unspecified atom stereocenters. The van der Waals surface area contributed by atoms with Gasteiger partial charge in [-0.3, -0.25) is 0 Å². The van der Waals surface area contributed by atoms with Gasteiger partial charge in [0.1, 0.15) is 5.60 Å². The smallest absolute Gasteiger partial charge is 0.169 e. The Labute approximate surface area is 117 Å². The highest BCUT2D eigenvalue weighted by Gasteiger charge is 2.58. The normalized spacial score (nSPS) is 37.2. The summed E-state index contributed by atoms with van der Waals surface area (Å²) in [5.74, 6) is -0.351. The van der Waals surface area contributed by atoms with Gasteiger partial charge < -0.3 is 14.6 Å². The molecule has 19 heavy (non-hydrogen) atoms. The quantitative estimate of drug-likeness (QED) is 0.794. The molecule has 1 aliphatic heterocycles. The molecule has 1 spiro atoms. The Kier molecular flexibility index (Phi) is 4.38. The van der Waals surface area contributed by atoms with Crippen LogP contribution in [0.2, 0.25) is 0 Å². The fourth-order valence-electron chi connectivity index (χ4n) is 3.67. The van der Waals surface area contributed by atoms with E-state index in [-0.39, 0.29) is 12.0 Å². The summed E-state index contributed by atoms with van der Waals surface area (Å²) >= 11 is 0. The van der Waals surface area contributed by atoms with E-state index in [2.05, 4.69) is 6.92 Å². The van der Waals surface area contributed by atoms with Gasteiger partial charge in [-0.1, -0.05) is 26.0 Å². The number of allylic oxidation sites excluding steroid dienone is 1. The molecule has 1 aliphatic carbocycles. The van der Waals surface area contributed by atoms with E-state index >= 15 is 0 Å². The molecule has 0 aromatic rings. The van der Waals surface area contributed by atoms with Crippen molar-refractivity contribution in [3.05, 3.63) is 12.2 Å². The second-order valence-electron chi connectivity index (χ2n) is 6.25. The van der Waals surface area contributed by atoms with Crippen LogP contribution in [0.15, 0.2) is 12.2 Å². The van der Waals surface area contributed by atoms with E-state index in [9.17, 15) is 5.11 Å². The van der Waals surface area contributed by atoms with E-state index in [1.807, 2.05) is 32.9 Å². The summed E-state index contributed by atoms with van der Waals surface area (Å²) in [6.45, 7) is 8.13. The van der Waals surface area contributed by atoms with Crippen molar-refractivity contribution in [1.82, 2.24) is 0 Å². The van der Waals surface area contributed by atoms with Gasteiger partial charge in [0.2, 0.25) is 0 Å². The minimum absolute atomic E-state index is 0.0201. The first-order chi connectivity index (χ1) is 8.97.